The zero-order valence-corrected chi connectivity index (χ0v) is 19.2. The monoisotopic (exact) mass is 447 g/mol. The molecule has 0 fully saturated rings. The van der Waals surface area contributed by atoms with Gasteiger partial charge in [-0.05, 0) is 49.5 Å². The minimum atomic E-state index is -0.112. The first-order valence-electron chi connectivity index (χ1n) is 9.83. The Morgan fingerprint density at radius 1 is 1.03 bits per heavy atom. The van der Waals surface area contributed by atoms with Gasteiger partial charge in [-0.2, -0.15) is 0 Å². The average molecular weight is 448 g/mol. The number of carbonyl (C=O) groups excluding carboxylic acids is 1. The van der Waals surface area contributed by atoms with E-state index in [4.69, 9.17) is 26.1 Å². The Labute approximate surface area is 186 Å². The number of nitrogens with zero attached hydrogens (tertiary/aromatic N) is 3. The number of benzene rings is 2. The number of thiazole rings is 1. The van der Waals surface area contributed by atoms with Gasteiger partial charge < -0.3 is 14.4 Å². The van der Waals surface area contributed by atoms with E-state index in [2.05, 4.69) is 18.7 Å². The van der Waals surface area contributed by atoms with Crippen molar-refractivity contribution in [1.82, 2.24) is 9.88 Å². The summed E-state index contributed by atoms with van der Waals surface area (Å²) in [5, 5.41) is 1.19. The summed E-state index contributed by atoms with van der Waals surface area (Å²) in [6.07, 6.45) is 0. The predicted octanol–water partition coefficient (Wildman–Crippen LogP) is 4.96. The van der Waals surface area contributed by atoms with Crippen LogP contribution in [0.3, 0.4) is 0 Å². The number of methoxy groups -OCH3 is 2. The Balaban J connectivity index is 2.01. The Morgan fingerprint density at radius 2 is 1.73 bits per heavy atom. The van der Waals surface area contributed by atoms with E-state index >= 15 is 0 Å². The number of anilines is 1. The van der Waals surface area contributed by atoms with Crippen LogP contribution in [0.2, 0.25) is 5.02 Å². The maximum absolute atomic E-state index is 13.4. The van der Waals surface area contributed by atoms with Gasteiger partial charge >= 0.3 is 0 Å². The van der Waals surface area contributed by atoms with Crippen molar-refractivity contribution in [1.29, 1.82) is 0 Å². The number of fused-ring (bicyclic) bond motifs is 1. The second-order valence-corrected chi connectivity index (χ2v) is 8.02. The Kier molecular flexibility index (Phi) is 7.53. The number of ether oxygens (including phenoxy) is 2. The van der Waals surface area contributed by atoms with Gasteiger partial charge in [0.05, 0.1) is 23.9 Å². The highest BCUT2D eigenvalue weighted by Gasteiger charge is 2.23. The summed E-state index contributed by atoms with van der Waals surface area (Å²) in [5.41, 5.74) is 1.24. The molecule has 0 aliphatic rings. The molecular formula is C22H26ClN3O3S. The number of halogens is 1. The largest absolute Gasteiger partial charge is 0.497 e. The van der Waals surface area contributed by atoms with Crippen LogP contribution in [0.4, 0.5) is 5.13 Å². The normalized spacial score (nSPS) is 11.1. The van der Waals surface area contributed by atoms with Gasteiger partial charge in [-0.25, -0.2) is 4.98 Å². The second kappa shape index (κ2) is 10.1. The van der Waals surface area contributed by atoms with E-state index in [0.717, 1.165) is 24.3 Å². The van der Waals surface area contributed by atoms with Crippen molar-refractivity contribution in [3.63, 3.8) is 0 Å². The first-order valence-corrected chi connectivity index (χ1v) is 11.0. The fraction of sp³-hybridized carbons (Fsp3) is 0.364. The zero-order chi connectivity index (χ0) is 21.7. The van der Waals surface area contributed by atoms with Gasteiger partial charge in [0.2, 0.25) is 0 Å². The molecule has 8 heteroatoms. The highest BCUT2D eigenvalue weighted by Crippen LogP contribution is 2.39. The maximum Gasteiger partial charge on any atom is 0.260 e. The van der Waals surface area contributed by atoms with Crippen LogP contribution in [-0.2, 0) is 0 Å². The molecule has 0 aliphatic carbocycles. The molecule has 0 spiro atoms. The molecule has 160 valence electrons. The molecule has 3 aromatic rings. The molecule has 2 aromatic carbocycles. The van der Waals surface area contributed by atoms with Crippen LogP contribution in [0.25, 0.3) is 10.2 Å². The van der Waals surface area contributed by atoms with E-state index < -0.39 is 0 Å². The highest BCUT2D eigenvalue weighted by atomic mass is 35.5. The Hall–Kier alpha value is -2.35. The summed E-state index contributed by atoms with van der Waals surface area (Å²) in [5.74, 6) is 1.23. The SMILES string of the molecule is CCN(CC)CCN(C(=O)c1ccc(OC)cc1)c1nc2c(OC)ccc(Cl)c2s1. The standard InChI is InChI=1S/C22H26ClN3O3S/c1-5-25(6-2)13-14-26(21(27)15-7-9-16(28-3)10-8-15)22-24-19-18(29-4)12-11-17(23)20(19)30-22/h7-12H,5-6,13-14H2,1-4H3. The first kappa shape index (κ1) is 22.3. The number of amides is 1. The topological polar surface area (TPSA) is 54.9 Å². The molecule has 0 aliphatic heterocycles. The van der Waals surface area contributed by atoms with Gasteiger partial charge in [-0.3, -0.25) is 9.69 Å². The Morgan fingerprint density at radius 3 is 2.33 bits per heavy atom. The minimum absolute atomic E-state index is 0.112. The van der Waals surface area contributed by atoms with E-state index in [1.54, 1.807) is 55.5 Å². The molecule has 0 bridgehead atoms. The van der Waals surface area contributed by atoms with E-state index in [-0.39, 0.29) is 5.91 Å². The molecule has 1 aromatic heterocycles. The van der Waals surface area contributed by atoms with Crippen molar-refractivity contribution in [2.45, 2.75) is 13.8 Å². The zero-order valence-electron chi connectivity index (χ0n) is 17.6. The lowest BCUT2D eigenvalue weighted by Gasteiger charge is -2.24. The van der Waals surface area contributed by atoms with E-state index in [1.165, 1.54) is 11.3 Å². The molecule has 0 unspecified atom stereocenters. The van der Waals surface area contributed by atoms with E-state index in [1.807, 2.05) is 0 Å². The van der Waals surface area contributed by atoms with Crippen LogP contribution in [0.5, 0.6) is 11.5 Å². The summed E-state index contributed by atoms with van der Waals surface area (Å²) in [6.45, 7) is 7.33. The summed E-state index contributed by atoms with van der Waals surface area (Å²) < 4.78 is 11.5. The third-order valence-electron chi connectivity index (χ3n) is 5.01. The molecule has 3 rings (SSSR count). The predicted molar refractivity (Wildman–Crippen MR) is 124 cm³/mol. The van der Waals surface area contributed by atoms with Crippen molar-refractivity contribution in [2.75, 3.05) is 45.3 Å². The number of hydrogen-bond acceptors (Lipinski definition) is 6. The molecule has 0 saturated heterocycles. The van der Waals surface area contributed by atoms with Crippen LogP contribution in [-0.4, -0.2) is 56.2 Å². The molecule has 0 radical (unpaired) electrons. The maximum atomic E-state index is 13.4. The third-order valence-corrected chi connectivity index (χ3v) is 6.55. The van der Waals surface area contributed by atoms with Crippen LogP contribution < -0.4 is 14.4 Å². The van der Waals surface area contributed by atoms with Gasteiger partial charge in [-0.15, -0.1) is 0 Å². The minimum Gasteiger partial charge on any atom is -0.497 e. The molecule has 0 atom stereocenters. The lowest BCUT2D eigenvalue weighted by Crippen LogP contribution is -2.38. The molecule has 6 nitrogen and oxygen atoms in total. The molecule has 30 heavy (non-hydrogen) atoms. The van der Waals surface area contributed by atoms with Gasteiger partial charge in [0.25, 0.3) is 5.91 Å². The molecular weight excluding hydrogens is 422 g/mol. The smallest absolute Gasteiger partial charge is 0.260 e. The van der Waals surface area contributed by atoms with Crippen molar-refractivity contribution >= 4 is 44.2 Å². The fourth-order valence-corrected chi connectivity index (χ4v) is 4.46. The van der Waals surface area contributed by atoms with Crippen molar-refractivity contribution in [3.8, 4) is 11.5 Å². The van der Waals surface area contributed by atoms with E-state index in [0.29, 0.717) is 39.3 Å². The van der Waals surface area contributed by atoms with Gasteiger partial charge in [0.15, 0.2) is 5.13 Å². The fourth-order valence-electron chi connectivity index (χ4n) is 3.18. The number of likely N-dealkylation sites (N-methyl/N-ethyl adjacent to an activating group) is 1. The molecule has 1 amide bonds. The molecule has 1 heterocycles. The lowest BCUT2D eigenvalue weighted by molar-refractivity contribution is 0.0983. The van der Waals surface area contributed by atoms with Gasteiger partial charge in [-0.1, -0.05) is 36.8 Å². The second-order valence-electron chi connectivity index (χ2n) is 6.64. The number of rotatable bonds is 9. The summed E-state index contributed by atoms with van der Waals surface area (Å²) in [7, 11) is 3.20. The molecule has 0 N–H and O–H groups in total. The third kappa shape index (κ3) is 4.69. The lowest BCUT2D eigenvalue weighted by atomic mass is 10.2. The quantitative estimate of drug-likeness (QED) is 0.464. The average Bonchev–Trinajstić information content (AvgIpc) is 3.23. The number of carbonyl (C=O) groups is 1. The van der Waals surface area contributed by atoms with Gasteiger partial charge in [0.1, 0.15) is 17.0 Å². The van der Waals surface area contributed by atoms with Crippen molar-refractivity contribution in [2.24, 2.45) is 0 Å². The van der Waals surface area contributed by atoms with Crippen LogP contribution in [0.1, 0.15) is 24.2 Å². The highest BCUT2D eigenvalue weighted by molar-refractivity contribution is 7.23. The van der Waals surface area contributed by atoms with Crippen LogP contribution in [0.15, 0.2) is 36.4 Å². The molecule has 0 saturated carbocycles. The summed E-state index contributed by atoms with van der Waals surface area (Å²) >= 11 is 7.79. The number of aromatic nitrogens is 1. The van der Waals surface area contributed by atoms with Crippen molar-refractivity contribution < 1.29 is 14.3 Å². The first-order chi connectivity index (χ1) is 14.5. The van der Waals surface area contributed by atoms with Crippen molar-refractivity contribution in [3.05, 3.63) is 47.0 Å². The van der Waals surface area contributed by atoms with Crippen LogP contribution in [0, 0.1) is 0 Å². The van der Waals surface area contributed by atoms with Gasteiger partial charge in [0, 0.05) is 18.7 Å². The summed E-state index contributed by atoms with van der Waals surface area (Å²) in [4.78, 5) is 22.1. The summed E-state index contributed by atoms with van der Waals surface area (Å²) in [6, 6.07) is 10.7. The number of hydrogen-bond donors (Lipinski definition) is 0. The van der Waals surface area contributed by atoms with Crippen LogP contribution >= 0.6 is 22.9 Å². The Bertz CT molecular complexity index is 1000. The van der Waals surface area contributed by atoms with E-state index in [9.17, 15) is 4.79 Å².